The molecule has 0 radical (unpaired) electrons. The van der Waals surface area contributed by atoms with Crippen LogP contribution >= 0.6 is 0 Å². The molecule has 7 nitrogen and oxygen atoms in total. The van der Waals surface area contributed by atoms with Crippen LogP contribution in [0.3, 0.4) is 0 Å². The lowest BCUT2D eigenvalue weighted by atomic mass is 10.1. The normalized spacial score (nSPS) is 21.8. The molecule has 2 atom stereocenters. The van der Waals surface area contributed by atoms with Crippen molar-refractivity contribution in [3.8, 4) is 0 Å². The molecule has 0 aromatic carbocycles. The molecule has 18 heavy (non-hydrogen) atoms. The van der Waals surface area contributed by atoms with Gasteiger partial charge in [0.2, 0.25) is 0 Å². The van der Waals surface area contributed by atoms with Crippen LogP contribution in [0.4, 0.5) is 5.82 Å². The number of hydrogen-bond donors (Lipinski definition) is 3. The maximum absolute atomic E-state index is 10.8. The number of rotatable bonds is 4. The van der Waals surface area contributed by atoms with E-state index < -0.39 is 17.8 Å². The van der Waals surface area contributed by atoms with Gasteiger partial charge >= 0.3 is 5.97 Å². The van der Waals surface area contributed by atoms with Crippen LogP contribution in [-0.4, -0.2) is 33.2 Å². The van der Waals surface area contributed by atoms with Crippen molar-refractivity contribution < 1.29 is 14.7 Å². The second-order valence-corrected chi connectivity index (χ2v) is 3.98. The molecule has 1 aromatic heterocycles. The fraction of sp³-hybridized carbons (Fsp3) is 0.273. The summed E-state index contributed by atoms with van der Waals surface area (Å²) in [7, 11) is 0. The largest absolute Gasteiger partial charge is 0.481 e. The third-order valence-electron chi connectivity index (χ3n) is 2.65. The summed E-state index contributed by atoms with van der Waals surface area (Å²) in [6.45, 7) is 0. The first-order valence-electron chi connectivity index (χ1n) is 5.37. The number of aliphatic carboxylic acids is 1. The smallest absolute Gasteiger partial charge is 0.310 e. The summed E-state index contributed by atoms with van der Waals surface area (Å²) >= 11 is 0. The Labute approximate surface area is 103 Å². The van der Waals surface area contributed by atoms with Crippen LogP contribution in [-0.2, 0) is 4.79 Å². The monoisotopic (exact) mass is 248 g/mol. The van der Waals surface area contributed by atoms with Crippen LogP contribution in [0, 0.1) is 5.92 Å². The van der Waals surface area contributed by atoms with Crippen molar-refractivity contribution in [2.75, 3.05) is 5.32 Å². The number of nitrogens with zero attached hydrogens (tertiary/aromatic N) is 2. The van der Waals surface area contributed by atoms with Crippen LogP contribution < -0.4 is 11.1 Å². The molecule has 2 unspecified atom stereocenters. The predicted octanol–water partition coefficient (Wildman–Crippen LogP) is 0.0167. The lowest BCUT2D eigenvalue weighted by Gasteiger charge is -2.11. The first kappa shape index (κ1) is 12.0. The molecule has 0 bridgehead atoms. The van der Waals surface area contributed by atoms with Crippen molar-refractivity contribution in [2.45, 2.75) is 12.5 Å². The second-order valence-electron chi connectivity index (χ2n) is 3.98. The Morgan fingerprint density at radius 1 is 1.33 bits per heavy atom. The fourth-order valence-corrected chi connectivity index (χ4v) is 1.72. The van der Waals surface area contributed by atoms with Gasteiger partial charge in [-0.3, -0.25) is 9.59 Å². The zero-order valence-corrected chi connectivity index (χ0v) is 9.41. The van der Waals surface area contributed by atoms with Crippen molar-refractivity contribution in [3.63, 3.8) is 0 Å². The van der Waals surface area contributed by atoms with E-state index in [1.54, 1.807) is 18.2 Å². The highest BCUT2D eigenvalue weighted by molar-refractivity contribution is 5.90. The van der Waals surface area contributed by atoms with Crippen LogP contribution in [0.25, 0.3) is 0 Å². The van der Waals surface area contributed by atoms with Gasteiger partial charge in [0, 0.05) is 6.04 Å². The number of carbonyl (C=O) groups is 2. The highest BCUT2D eigenvalue weighted by atomic mass is 16.4. The molecule has 1 amide bonds. The molecule has 0 aliphatic heterocycles. The zero-order valence-electron chi connectivity index (χ0n) is 9.41. The first-order chi connectivity index (χ1) is 8.56. The Kier molecular flexibility index (Phi) is 3.22. The number of carboxylic acids is 1. The third-order valence-corrected chi connectivity index (χ3v) is 2.65. The zero-order chi connectivity index (χ0) is 13.1. The van der Waals surface area contributed by atoms with Gasteiger partial charge in [0.15, 0.2) is 5.69 Å². The SMILES string of the molecule is NC(=O)c1ccc(NC2C=CC(C(=O)O)C2)nn1. The average molecular weight is 248 g/mol. The van der Waals surface area contributed by atoms with E-state index in [-0.39, 0.29) is 11.7 Å². The number of nitrogens with two attached hydrogens (primary N) is 1. The van der Waals surface area contributed by atoms with Gasteiger partial charge < -0.3 is 16.2 Å². The summed E-state index contributed by atoms with van der Waals surface area (Å²) < 4.78 is 0. The average Bonchev–Trinajstić information content (AvgIpc) is 2.78. The summed E-state index contributed by atoms with van der Waals surface area (Å²) in [5, 5.41) is 19.3. The molecule has 0 fully saturated rings. The number of carboxylic acid groups (broad SMARTS) is 1. The number of nitrogens with one attached hydrogen (secondary N) is 1. The molecule has 94 valence electrons. The predicted molar refractivity (Wildman–Crippen MR) is 62.8 cm³/mol. The topological polar surface area (TPSA) is 118 Å². The molecular weight excluding hydrogens is 236 g/mol. The van der Waals surface area contributed by atoms with Gasteiger partial charge in [-0.05, 0) is 18.6 Å². The third kappa shape index (κ3) is 2.62. The summed E-state index contributed by atoms with van der Waals surface area (Å²) in [5.74, 6) is -1.48. The van der Waals surface area contributed by atoms with E-state index in [4.69, 9.17) is 10.8 Å². The maximum Gasteiger partial charge on any atom is 0.310 e. The van der Waals surface area contributed by atoms with E-state index in [0.717, 1.165) is 0 Å². The molecule has 4 N–H and O–H groups in total. The molecule has 1 aromatic rings. The molecule has 1 heterocycles. The van der Waals surface area contributed by atoms with E-state index in [1.165, 1.54) is 6.07 Å². The summed E-state index contributed by atoms with van der Waals surface area (Å²) in [4.78, 5) is 21.6. The van der Waals surface area contributed by atoms with Crippen molar-refractivity contribution in [1.29, 1.82) is 0 Å². The number of primary amides is 1. The second kappa shape index (κ2) is 4.82. The standard InChI is InChI=1S/C11H12N4O3/c12-10(16)8-3-4-9(15-14-8)13-7-2-1-6(5-7)11(17)18/h1-4,6-7H,5H2,(H2,12,16)(H,13,15)(H,17,18). The Bertz CT molecular complexity index is 498. The minimum absolute atomic E-state index is 0.0888. The summed E-state index contributed by atoms with van der Waals surface area (Å²) in [6, 6.07) is 2.94. The van der Waals surface area contributed by atoms with Gasteiger partial charge in [0.25, 0.3) is 5.91 Å². The number of hydrogen-bond acceptors (Lipinski definition) is 5. The van der Waals surface area contributed by atoms with Crippen molar-refractivity contribution >= 4 is 17.7 Å². The first-order valence-corrected chi connectivity index (χ1v) is 5.37. The molecule has 0 spiro atoms. The molecule has 7 heteroatoms. The van der Waals surface area contributed by atoms with E-state index in [0.29, 0.717) is 12.2 Å². The summed E-state index contributed by atoms with van der Waals surface area (Å²) in [6.07, 6.45) is 3.89. The van der Waals surface area contributed by atoms with Gasteiger partial charge in [-0.2, -0.15) is 0 Å². The molecule has 2 rings (SSSR count). The number of anilines is 1. The Balaban J connectivity index is 1.97. The molecular formula is C11H12N4O3. The molecule has 0 saturated heterocycles. The number of aromatic nitrogens is 2. The van der Waals surface area contributed by atoms with E-state index in [9.17, 15) is 9.59 Å². The van der Waals surface area contributed by atoms with Crippen molar-refractivity contribution in [2.24, 2.45) is 11.7 Å². The Morgan fingerprint density at radius 2 is 2.11 bits per heavy atom. The van der Waals surface area contributed by atoms with E-state index in [1.807, 2.05) is 0 Å². The quantitative estimate of drug-likeness (QED) is 0.646. The Hall–Kier alpha value is -2.44. The summed E-state index contributed by atoms with van der Waals surface area (Å²) in [5.41, 5.74) is 5.13. The molecule has 1 aliphatic carbocycles. The van der Waals surface area contributed by atoms with Gasteiger partial charge in [0.05, 0.1) is 5.92 Å². The van der Waals surface area contributed by atoms with Crippen LogP contribution in [0.15, 0.2) is 24.3 Å². The molecule has 1 aliphatic rings. The fourth-order valence-electron chi connectivity index (χ4n) is 1.72. The van der Waals surface area contributed by atoms with Gasteiger partial charge in [-0.25, -0.2) is 0 Å². The number of amides is 1. The van der Waals surface area contributed by atoms with Gasteiger partial charge in [-0.15, -0.1) is 10.2 Å². The minimum Gasteiger partial charge on any atom is -0.481 e. The molecule has 0 saturated carbocycles. The van der Waals surface area contributed by atoms with E-state index in [2.05, 4.69) is 15.5 Å². The van der Waals surface area contributed by atoms with Crippen LogP contribution in [0.5, 0.6) is 0 Å². The van der Waals surface area contributed by atoms with E-state index >= 15 is 0 Å². The van der Waals surface area contributed by atoms with Crippen LogP contribution in [0.1, 0.15) is 16.9 Å². The lowest BCUT2D eigenvalue weighted by molar-refractivity contribution is -0.140. The van der Waals surface area contributed by atoms with Crippen molar-refractivity contribution in [3.05, 3.63) is 30.0 Å². The van der Waals surface area contributed by atoms with Crippen molar-refractivity contribution in [1.82, 2.24) is 10.2 Å². The maximum atomic E-state index is 10.8. The van der Waals surface area contributed by atoms with Gasteiger partial charge in [0.1, 0.15) is 5.82 Å². The highest BCUT2D eigenvalue weighted by Crippen LogP contribution is 2.20. The lowest BCUT2D eigenvalue weighted by Crippen LogP contribution is -2.20. The van der Waals surface area contributed by atoms with Gasteiger partial charge in [-0.1, -0.05) is 12.2 Å². The highest BCUT2D eigenvalue weighted by Gasteiger charge is 2.24. The minimum atomic E-state index is -0.842. The number of carbonyl (C=O) groups excluding carboxylic acids is 1. The Morgan fingerprint density at radius 3 is 2.61 bits per heavy atom. The van der Waals surface area contributed by atoms with Crippen LogP contribution in [0.2, 0.25) is 0 Å².